The molecule has 1 aromatic rings. The van der Waals surface area contributed by atoms with Crippen LogP contribution in [0.5, 0.6) is 5.75 Å². The van der Waals surface area contributed by atoms with Crippen LogP contribution < -0.4 is 5.32 Å². The van der Waals surface area contributed by atoms with Crippen molar-refractivity contribution in [3.05, 3.63) is 23.8 Å². The van der Waals surface area contributed by atoms with E-state index in [1.165, 1.54) is 12.1 Å². The van der Waals surface area contributed by atoms with Crippen molar-refractivity contribution in [3.63, 3.8) is 0 Å². The fraction of sp³-hybridized carbons (Fsp3) is 0.385. The zero-order valence-corrected chi connectivity index (χ0v) is 10.4. The quantitative estimate of drug-likeness (QED) is 0.701. The molecule has 0 saturated heterocycles. The predicted molar refractivity (Wildman–Crippen MR) is 67.8 cm³/mol. The second-order valence-corrected chi connectivity index (χ2v) is 4.04. The number of carbonyl (C=O) groups excluding carboxylic acids is 1. The van der Waals surface area contributed by atoms with E-state index in [2.05, 4.69) is 5.32 Å². The molecule has 0 spiro atoms. The number of carboxylic acid groups (broad SMARTS) is 1. The second-order valence-electron chi connectivity index (χ2n) is 4.04. The Labute approximate surface area is 105 Å². The summed E-state index contributed by atoms with van der Waals surface area (Å²) in [5.41, 5.74) is 0.213. The first-order valence-corrected chi connectivity index (χ1v) is 5.86. The maximum absolute atomic E-state index is 11.8. The fourth-order valence-corrected chi connectivity index (χ4v) is 1.66. The Bertz CT molecular complexity index is 452. The minimum absolute atomic E-state index is 0.0203. The van der Waals surface area contributed by atoms with Crippen molar-refractivity contribution in [2.45, 2.75) is 26.7 Å². The molecule has 1 aromatic carbocycles. The van der Waals surface area contributed by atoms with E-state index < -0.39 is 5.97 Å². The Balaban J connectivity index is 2.86. The number of amides is 1. The van der Waals surface area contributed by atoms with Crippen molar-refractivity contribution in [1.29, 1.82) is 0 Å². The number of aromatic hydroxyl groups is 1. The van der Waals surface area contributed by atoms with Gasteiger partial charge in [-0.15, -0.1) is 0 Å². The zero-order chi connectivity index (χ0) is 13.7. The molecule has 0 aliphatic carbocycles. The van der Waals surface area contributed by atoms with Crippen LogP contribution in [0.25, 0.3) is 0 Å². The van der Waals surface area contributed by atoms with Gasteiger partial charge in [0.25, 0.3) is 0 Å². The molecule has 0 aliphatic heterocycles. The van der Waals surface area contributed by atoms with Gasteiger partial charge in [0.05, 0.1) is 11.3 Å². The van der Waals surface area contributed by atoms with Crippen LogP contribution in [-0.4, -0.2) is 22.1 Å². The van der Waals surface area contributed by atoms with Crippen LogP contribution in [0.3, 0.4) is 0 Å². The minimum Gasteiger partial charge on any atom is -0.506 e. The number of rotatable bonds is 5. The van der Waals surface area contributed by atoms with Gasteiger partial charge in [-0.25, -0.2) is 4.79 Å². The van der Waals surface area contributed by atoms with Gasteiger partial charge in [-0.1, -0.05) is 13.8 Å². The van der Waals surface area contributed by atoms with Gasteiger partial charge in [-0.05, 0) is 31.0 Å². The molecular formula is C13H17NO4. The topological polar surface area (TPSA) is 86.6 Å². The van der Waals surface area contributed by atoms with Crippen molar-refractivity contribution < 1.29 is 19.8 Å². The second kappa shape index (κ2) is 6.05. The van der Waals surface area contributed by atoms with Crippen LogP contribution in [0.4, 0.5) is 5.69 Å². The summed E-state index contributed by atoms with van der Waals surface area (Å²) in [7, 11) is 0. The molecule has 5 nitrogen and oxygen atoms in total. The lowest BCUT2D eigenvalue weighted by atomic mass is 10.0. The Kier molecular flexibility index (Phi) is 4.71. The van der Waals surface area contributed by atoms with E-state index in [1.807, 2.05) is 13.8 Å². The third kappa shape index (κ3) is 3.23. The van der Waals surface area contributed by atoms with Crippen LogP contribution in [0.2, 0.25) is 0 Å². The van der Waals surface area contributed by atoms with Crippen molar-refractivity contribution in [1.82, 2.24) is 0 Å². The van der Waals surface area contributed by atoms with E-state index in [-0.39, 0.29) is 28.8 Å². The monoisotopic (exact) mass is 251 g/mol. The Morgan fingerprint density at radius 1 is 1.28 bits per heavy atom. The molecule has 18 heavy (non-hydrogen) atoms. The lowest BCUT2D eigenvalue weighted by Crippen LogP contribution is -2.21. The van der Waals surface area contributed by atoms with Gasteiger partial charge in [0.1, 0.15) is 5.75 Å². The summed E-state index contributed by atoms with van der Waals surface area (Å²) in [4.78, 5) is 22.5. The maximum Gasteiger partial charge on any atom is 0.335 e. The van der Waals surface area contributed by atoms with E-state index in [4.69, 9.17) is 5.11 Å². The molecule has 1 amide bonds. The van der Waals surface area contributed by atoms with E-state index in [1.54, 1.807) is 0 Å². The van der Waals surface area contributed by atoms with E-state index in [0.717, 1.165) is 18.9 Å². The van der Waals surface area contributed by atoms with Crippen LogP contribution >= 0.6 is 0 Å². The Hall–Kier alpha value is -2.04. The molecule has 0 heterocycles. The summed E-state index contributed by atoms with van der Waals surface area (Å²) in [5.74, 6) is -1.64. The Morgan fingerprint density at radius 2 is 1.89 bits per heavy atom. The molecule has 5 heteroatoms. The largest absolute Gasteiger partial charge is 0.506 e. The molecule has 0 radical (unpaired) electrons. The molecule has 0 aromatic heterocycles. The van der Waals surface area contributed by atoms with Gasteiger partial charge >= 0.3 is 5.97 Å². The molecule has 0 atom stereocenters. The van der Waals surface area contributed by atoms with Crippen LogP contribution in [0.1, 0.15) is 37.0 Å². The smallest absolute Gasteiger partial charge is 0.335 e. The molecule has 0 unspecified atom stereocenters. The molecule has 98 valence electrons. The molecule has 1 rings (SSSR count). The summed E-state index contributed by atoms with van der Waals surface area (Å²) in [6, 6.07) is 3.84. The zero-order valence-electron chi connectivity index (χ0n) is 10.4. The average molecular weight is 251 g/mol. The molecule has 0 saturated carbocycles. The molecule has 0 bridgehead atoms. The minimum atomic E-state index is -1.12. The lowest BCUT2D eigenvalue weighted by molar-refractivity contribution is -0.120. The SMILES string of the molecule is CCC(CC)C(=O)Nc1ccc(C(=O)O)cc1O. The van der Waals surface area contributed by atoms with Crippen LogP contribution in [0.15, 0.2) is 18.2 Å². The van der Waals surface area contributed by atoms with Gasteiger partial charge in [-0.3, -0.25) is 4.79 Å². The first-order valence-electron chi connectivity index (χ1n) is 5.86. The van der Waals surface area contributed by atoms with E-state index in [9.17, 15) is 14.7 Å². The maximum atomic E-state index is 11.8. The summed E-state index contributed by atoms with van der Waals surface area (Å²) in [5, 5.41) is 21.0. The lowest BCUT2D eigenvalue weighted by Gasteiger charge is -2.13. The number of carbonyl (C=O) groups is 2. The summed E-state index contributed by atoms with van der Waals surface area (Å²) in [6.45, 7) is 3.84. The molecule has 3 N–H and O–H groups in total. The van der Waals surface area contributed by atoms with Crippen LogP contribution in [0, 0.1) is 5.92 Å². The fourth-order valence-electron chi connectivity index (χ4n) is 1.66. The number of phenolic OH excluding ortho intramolecular Hbond substituents is 1. The predicted octanol–water partition coefficient (Wildman–Crippen LogP) is 2.47. The highest BCUT2D eigenvalue weighted by Crippen LogP contribution is 2.25. The number of hydrogen-bond acceptors (Lipinski definition) is 3. The number of benzene rings is 1. The highest BCUT2D eigenvalue weighted by molar-refractivity contribution is 5.95. The highest BCUT2D eigenvalue weighted by Gasteiger charge is 2.16. The van der Waals surface area contributed by atoms with Crippen molar-refractivity contribution in [2.24, 2.45) is 5.92 Å². The van der Waals surface area contributed by atoms with Crippen LogP contribution in [-0.2, 0) is 4.79 Å². The standard InChI is InChI=1S/C13H17NO4/c1-3-8(4-2)12(16)14-10-6-5-9(13(17)18)7-11(10)15/h5-8,15H,3-4H2,1-2H3,(H,14,16)(H,17,18). The summed E-state index contributed by atoms with van der Waals surface area (Å²) in [6.07, 6.45) is 1.44. The Morgan fingerprint density at radius 3 is 2.33 bits per heavy atom. The van der Waals surface area contributed by atoms with Gasteiger partial charge in [0, 0.05) is 5.92 Å². The number of hydrogen-bond donors (Lipinski definition) is 3. The number of nitrogens with one attached hydrogen (secondary N) is 1. The van der Waals surface area contributed by atoms with Crippen molar-refractivity contribution >= 4 is 17.6 Å². The first-order chi connectivity index (χ1) is 8.49. The highest BCUT2D eigenvalue weighted by atomic mass is 16.4. The van der Waals surface area contributed by atoms with Gasteiger partial charge < -0.3 is 15.5 Å². The number of aromatic carboxylic acids is 1. The van der Waals surface area contributed by atoms with Crippen molar-refractivity contribution in [2.75, 3.05) is 5.32 Å². The first kappa shape index (κ1) is 14.0. The molecular weight excluding hydrogens is 234 g/mol. The number of phenols is 1. The number of carboxylic acids is 1. The third-order valence-corrected chi connectivity index (χ3v) is 2.86. The molecule has 0 fully saturated rings. The summed E-state index contributed by atoms with van der Waals surface area (Å²) >= 11 is 0. The summed E-state index contributed by atoms with van der Waals surface area (Å²) < 4.78 is 0. The van der Waals surface area contributed by atoms with Gasteiger partial charge in [0.15, 0.2) is 0 Å². The van der Waals surface area contributed by atoms with Gasteiger partial charge in [0.2, 0.25) is 5.91 Å². The number of anilines is 1. The molecule has 0 aliphatic rings. The van der Waals surface area contributed by atoms with E-state index >= 15 is 0 Å². The van der Waals surface area contributed by atoms with E-state index in [0.29, 0.717) is 0 Å². The van der Waals surface area contributed by atoms with Crippen molar-refractivity contribution in [3.8, 4) is 5.75 Å². The average Bonchev–Trinajstić information content (AvgIpc) is 2.33. The normalized spacial score (nSPS) is 10.4. The third-order valence-electron chi connectivity index (χ3n) is 2.86. The van der Waals surface area contributed by atoms with Gasteiger partial charge in [-0.2, -0.15) is 0 Å².